The van der Waals surface area contributed by atoms with Crippen LogP contribution in [-0.4, -0.2) is 5.88 Å². The van der Waals surface area contributed by atoms with Gasteiger partial charge in [0.2, 0.25) is 0 Å². The summed E-state index contributed by atoms with van der Waals surface area (Å²) in [6, 6.07) is 0. The molecule has 0 aliphatic heterocycles. The molecule has 0 N–H and O–H groups in total. The van der Waals surface area contributed by atoms with Crippen molar-refractivity contribution in [2.45, 2.75) is 77.6 Å². The highest BCUT2D eigenvalue weighted by Crippen LogP contribution is 2.05. The molecule has 0 aromatic heterocycles. The van der Waals surface area contributed by atoms with E-state index in [4.69, 9.17) is 11.6 Å². The number of halogens is 1. The summed E-state index contributed by atoms with van der Waals surface area (Å²) in [5, 5.41) is 0. The van der Waals surface area contributed by atoms with Gasteiger partial charge in [-0.2, -0.15) is 0 Å². The second-order valence-corrected chi connectivity index (χ2v) is 4.75. The molecule has 16 heavy (non-hydrogen) atoms. The van der Waals surface area contributed by atoms with Crippen molar-refractivity contribution in [1.29, 1.82) is 0 Å². The minimum atomic E-state index is 0.817. The standard InChI is InChI=1S/C15H27Cl/c1-2-3-4-5-6-7-8-9-10-11-12-13-14-15-16/h2-6,9-15H2,1H3. The largest absolute Gasteiger partial charge is 0.127 e. The smallest absolute Gasteiger partial charge is 0.0223 e. The molecule has 0 nitrogen and oxygen atoms in total. The van der Waals surface area contributed by atoms with E-state index in [9.17, 15) is 0 Å². The van der Waals surface area contributed by atoms with E-state index in [2.05, 4.69) is 18.8 Å². The molecule has 0 amide bonds. The van der Waals surface area contributed by atoms with Crippen LogP contribution in [-0.2, 0) is 0 Å². The summed E-state index contributed by atoms with van der Waals surface area (Å²) < 4.78 is 0. The molecule has 0 fully saturated rings. The molecule has 1 heteroatoms. The molecule has 0 heterocycles. The van der Waals surface area contributed by atoms with E-state index in [0.29, 0.717) is 0 Å². The Balaban J connectivity index is 3.03. The molecule has 0 rings (SSSR count). The van der Waals surface area contributed by atoms with E-state index in [0.717, 1.165) is 18.7 Å². The lowest BCUT2D eigenvalue weighted by molar-refractivity contribution is 0.642. The second kappa shape index (κ2) is 14.8. The Morgan fingerprint density at radius 3 is 1.75 bits per heavy atom. The zero-order valence-electron chi connectivity index (χ0n) is 10.9. The highest BCUT2D eigenvalue weighted by Gasteiger charge is 1.88. The second-order valence-electron chi connectivity index (χ2n) is 4.37. The number of alkyl halides is 1. The Hall–Kier alpha value is -0.150. The normalized spacial score (nSPS) is 9.88. The third-order valence-corrected chi connectivity index (χ3v) is 2.98. The zero-order valence-corrected chi connectivity index (χ0v) is 11.6. The van der Waals surface area contributed by atoms with Crippen molar-refractivity contribution in [3.05, 3.63) is 0 Å². The average molecular weight is 243 g/mol. The van der Waals surface area contributed by atoms with E-state index in [1.807, 2.05) is 0 Å². The Bertz CT molecular complexity index is 176. The van der Waals surface area contributed by atoms with E-state index in [1.165, 1.54) is 57.8 Å². The summed E-state index contributed by atoms with van der Waals surface area (Å²) in [7, 11) is 0. The summed E-state index contributed by atoms with van der Waals surface area (Å²) in [5.41, 5.74) is 0. The van der Waals surface area contributed by atoms with Crippen LogP contribution in [0.3, 0.4) is 0 Å². The minimum Gasteiger partial charge on any atom is -0.127 e. The maximum absolute atomic E-state index is 5.61. The fourth-order valence-electron chi connectivity index (χ4n) is 1.66. The van der Waals surface area contributed by atoms with Crippen molar-refractivity contribution in [2.75, 3.05) is 5.88 Å². The summed E-state index contributed by atoms with van der Waals surface area (Å²) in [4.78, 5) is 0. The van der Waals surface area contributed by atoms with Crippen molar-refractivity contribution >= 4 is 11.6 Å². The van der Waals surface area contributed by atoms with Crippen LogP contribution in [0.25, 0.3) is 0 Å². The van der Waals surface area contributed by atoms with Gasteiger partial charge in [-0.1, -0.05) is 45.4 Å². The highest BCUT2D eigenvalue weighted by atomic mass is 35.5. The zero-order chi connectivity index (χ0) is 11.9. The maximum atomic E-state index is 5.61. The molecule has 0 saturated carbocycles. The molecule has 0 aromatic carbocycles. The van der Waals surface area contributed by atoms with Gasteiger partial charge in [0, 0.05) is 18.7 Å². The van der Waals surface area contributed by atoms with Crippen molar-refractivity contribution in [1.82, 2.24) is 0 Å². The van der Waals surface area contributed by atoms with Crippen LogP contribution in [0.15, 0.2) is 0 Å². The average Bonchev–Trinajstić information content (AvgIpc) is 2.31. The Morgan fingerprint density at radius 1 is 0.688 bits per heavy atom. The van der Waals surface area contributed by atoms with E-state index in [-0.39, 0.29) is 0 Å². The third-order valence-electron chi connectivity index (χ3n) is 2.72. The van der Waals surface area contributed by atoms with Gasteiger partial charge in [0.1, 0.15) is 0 Å². The SMILES string of the molecule is CCCCCCC#CCCCCCCCCl. The first-order valence-corrected chi connectivity index (χ1v) is 7.47. The summed E-state index contributed by atoms with van der Waals surface area (Å²) >= 11 is 5.61. The van der Waals surface area contributed by atoms with Crippen LogP contribution < -0.4 is 0 Å². The molecule has 0 aromatic rings. The third kappa shape index (κ3) is 13.8. The van der Waals surface area contributed by atoms with E-state index < -0.39 is 0 Å². The van der Waals surface area contributed by atoms with Crippen LogP contribution in [0, 0.1) is 11.8 Å². The lowest BCUT2D eigenvalue weighted by Crippen LogP contribution is -1.79. The van der Waals surface area contributed by atoms with Crippen LogP contribution >= 0.6 is 11.6 Å². The van der Waals surface area contributed by atoms with Crippen molar-refractivity contribution in [2.24, 2.45) is 0 Å². The van der Waals surface area contributed by atoms with Gasteiger partial charge in [-0.05, 0) is 19.3 Å². The molecule has 0 atom stereocenters. The van der Waals surface area contributed by atoms with Crippen LogP contribution in [0.5, 0.6) is 0 Å². The molecule has 0 saturated heterocycles. The van der Waals surface area contributed by atoms with Gasteiger partial charge in [0.15, 0.2) is 0 Å². The van der Waals surface area contributed by atoms with Gasteiger partial charge in [-0.25, -0.2) is 0 Å². The molecule has 0 aliphatic rings. The number of hydrogen-bond acceptors (Lipinski definition) is 0. The minimum absolute atomic E-state index is 0.817. The Kier molecular flexibility index (Phi) is 14.7. The molecule has 0 spiro atoms. The van der Waals surface area contributed by atoms with Gasteiger partial charge in [0.25, 0.3) is 0 Å². The quantitative estimate of drug-likeness (QED) is 0.268. The van der Waals surface area contributed by atoms with Gasteiger partial charge in [-0.3, -0.25) is 0 Å². The fraction of sp³-hybridized carbons (Fsp3) is 0.867. The van der Waals surface area contributed by atoms with Crippen molar-refractivity contribution in [3.63, 3.8) is 0 Å². The first-order valence-electron chi connectivity index (χ1n) is 6.93. The summed E-state index contributed by atoms with van der Waals surface area (Å²) in [6.45, 7) is 2.25. The highest BCUT2D eigenvalue weighted by molar-refractivity contribution is 6.17. The van der Waals surface area contributed by atoms with Crippen molar-refractivity contribution < 1.29 is 0 Å². The maximum Gasteiger partial charge on any atom is 0.0223 e. The predicted octanol–water partition coefficient (Wildman–Crippen LogP) is 5.54. The summed E-state index contributed by atoms with van der Waals surface area (Å²) in [6.07, 6.45) is 13.9. The first kappa shape index (κ1) is 15.9. The predicted molar refractivity (Wildman–Crippen MR) is 75.0 cm³/mol. The molecule has 94 valence electrons. The topological polar surface area (TPSA) is 0 Å². The fourth-order valence-corrected chi connectivity index (χ4v) is 1.84. The van der Waals surface area contributed by atoms with E-state index in [1.54, 1.807) is 0 Å². The monoisotopic (exact) mass is 242 g/mol. The Morgan fingerprint density at radius 2 is 1.19 bits per heavy atom. The summed E-state index contributed by atoms with van der Waals surface area (Å²) in [5.74, 6) is 7.37. The van der Waals surface area contributed by atoms with Gasteiger partial charge >= 0.3 is 0 Å². The lowest BCUT2D eigenvalue weighted by atomic mass is 10.1. The number of rotatable bonds is 10. The first-order chi connectivity index (χ1) is 7.91. The van der Waals surface area contributed by atoms with Crippen LogP contribution in [0.4, 0.5) is 0 Å². The van der Waals surface area contributed by atoms with E-state index >= 15 is 0 Å². The molecule has 0 unspecified atom stereocenters. The van der Waals surface area contributed by atoms with Crippen molar-refractivity contribution in [3.8, 4) is 11.8 Å². The molecule has 0 aliphatic carbocycles. The van der Waals surface area contributed by atoms with Crippen LogP contribution in [0.2, 0.25) is 0 Å². The van der Waals surface area contributed by atoms with Gasteiger partial charge < -0.3 is 0 Å². The Labute approximate surface area is 107 Å². The van der Waals surface area contributed by atoms with Crippen LogP contribution in [0.1, 0.15) is 77.6 Å². The molecular formula is C15H27Cl. The number of unbranched alkanes of at least 4 members (excludes halogenated alkanes) is 9. The number of hydrogen-bond donors (Lipinski definition) is 0. The molecular weight excluding hydrogens is 216 g/mol. The van der Waals surface area contributed by atoms with Gasteiger partial charge in [-0.15, -0.1) is 23.4 Å². The van der Waals surface area contributed by atoms with Gasteiger partial charge in [0.05, 0.1) is 0 Å². The molecule has 0 radical (unpaired) electrons. The molecule has 0 bridgehead atoms. The lowest BCUT2D eigenvalue weighted by Gasteiger charge is -1.96.